The van der Waals surface area contributed by atoms with Crippen molar-refractivity contribution in [2.45, 2.75) is 33.1 Å². The van der Waals surface area contributed by atoms with Crippen molar-refractivity contribution in [3.63, 3.8) is 0 Å². The molecule has 1 N–H and O–H groups in total. The smallest absolute Gasteiger partial charge is 0.135 e. The number of aliphatic hydroxyl groups is 1. The molecule has 112 valence electrons. The molecule has 1 aliphatic heterocycles. The Kier molecular flexibility index (Phi) is 4.94. The summed E-state index contributed by atoms with van der Waals surface area (Å²) in [6.45, 7) is 6.68. The monoisotopic (exact) mass is 279 g/mol. The molecule has 2 rings (SSSR count). The summed E-state index contributed by atoms with van der Waals surface area (Å²) in [5.41, 5.74) is 1.02. The molecular formula is C15H25N3O2. The van der Waals surface area contributed by atoms with Gasteiger partial charge in [0, 0.05) is 44.0 Å². The maximum absolute atomic E-state index is 9.84. The number of piperidine rings is 1. The number of aromatic nitrogens is 2. The zero-order valence-electron chi connectivity index (χ0n) is 12.7. The molecule has 0 spiro atoms. The van der Waals surface area contributed by atoms with Gasteiger partial charge in [-0.2, -0.15) is 0 Å². The highest BCUT2D eigenvalue weighted by Gasteiger charge is 2.35. The highest BCUT2D eigenvalue weighted by molar-refractivity contribution is 5.46. The number of anilines is 1. The van der Waals surface area contributed by atoms with Gasteiger partial charge in [0.25, 0.3) is 0 Å². The topological polar surface area (TPSA) is 58.5 Å². The number of nitrogens with zero attached hydrogens (tertiary/aromatic N) is 3. The lowest BCUT2D eigenvalue weighted by atomic mass is 9.78. The molecule has 1 fully saturated rings. The molecule has 20 heavy (non-hydrogen) atoms. The van der Waals surface area contributed by atoms with E-state index in [0.29, 0.717) is 6.61 Å². The summed E-state index contributed by atoms with van der Waals surface area (Å²) in [7, 11) is 1.71. The molecule has 0 bridgehead atoms. The fourth-order valence-electron chi connectivity index (χ4n) is 2.96. The molecule has 0 unspecified atom stereocenters. The molecular weight excluding hydrogens is 254 g/mol. The number of methoxy groups -OCH3 is 1. The summed E-state index contributed by atoms with van der Waals surface area (Å²) >= 11 is 0. The summed E-state index contributed by atoms with van der Waals surface area (Å²) in [5, 5.41) is 9.84. The normalized spacial score (nSPS) is 23.1. The lowest BCUT2D eigenvalue weighted by molar-refractivity contribution is 0.0624. The number of aryl methyl sites for hydroxylation is 2. The molecule has 2 heterocycles. The van der Waals surface area contributed by atoms with E-state index in [4.69, 9.17) is 4.74 Å². The van der Waals surface area contributed by atoms with Crippen LogP contribution in [0.5, 0.6) is 0 Å². The first-order valence-corrected chi connectivity index (χ1v) is 7.25. The first-order chi connectivity index (χ1) is 9.60. The first kappa shape index (κ1) is 15.2. The minimum Gasteiger partial charge on any atom is -0.396 e. The fourth-order valence-corrected chi connectivity index (χ4v) is 2.96. The predicted molar refractivity (Wildman–Crippen MR) is 79.0 cm³/mol. The minimum absolute atomic E-state index is 0.0699. The van der Waals surface area contributed by atoms with Crippen molar-refractivity contribution in [1.82, 2.24) is 9.97 Å². The number of hydrogen-bond donors (Lipinski definition) is 1. The maximum atomic E-state index is 9.84. The van der Waals surface area contributed by atoms with Crippen molar-refractivity contribution >= 4 is 5.82 Å². The summed E-state index contributed by atoms with van der Waals surface area (Å²) in [4.78, 5) is 11.1. The Hall–Kier alpha value is -1.20. The summed E-state index contributed by atoms with van der Waals surface area (Å²) in [6, 6.07) is 0. The van der Waals surface area contributed by atoms with Gasteiger partial charge in [-0.25, -0.2) is 9.97 Å². The van der Waals surface area contributed by atoms with Crippen LogP contribution >= 0.6 is 0 Å². The van der Waals surface area contributed by atoms with Gasteiger partial charge in [0.05, 0.1) is 6.61 Å². The van der Waals surface area contributed by atoms with Crippen LogP contribution in [-0.4, -0.2) is 48.5 Å². The predicted octanol–water partition coefficient (Wildman–Crippen LogP) is 1.71. The van der Waals surface area contributed by atoms with E-state index in [1.165, 1.54) is 0 Å². The third-order valence-electron chi connectivity index (χ3n) is 4.20. The minimum atomic E-state index is -0.0699. The van der Waals surface area contributed by atoms with Crippen LogP contribution in [0.1, 0.15) is 30.7 Å². The Balaban J connectivity index is 2.18. The summed E-state index contributed by atoms with van der Waals surface area (Å²) < 4.78 is 5.20. The fraction of sp³-hybridized carbons (Fsp3) is 0.733. The molecule has 0 aliphatic carbocycles. The van der Waals surface area contributed by atoms with Gasteiger partial charge in [-0.3, -0.25) is 0 Å². The van der Waals surface area contributed by atoms with Gasteiger partial charge in [0.15, 0.2) is 0 Å². The van der Waals surface area contributed by atoms with E-state index in [1.54, 1.807) is 7.11 Å². The third-order valence-corrected chi connectivity index (χ3v) is 4.20. The van der Waals surface area contributed by atoms with Gasteiger partial charge < -0.3 is 14.7 Å². The van der Waals surface area contributed by atoms with Crippen LogP contribution in [0.15, 0.2) is 6.20 Å². The van der Waals surface area contributed by atoms with E-state index in [-0.39, 0.29) is 12.0 Å². The van der Waals surface area contributed by atoms with Gasteiger partial charge >= 0.3 is 0 Å². The van der Waals surface area contributed by atoms with Gasteiger partial charge in [-0.15, -0.1) is 0 Å². The Morgan fingerprint density at radius 2 is 2.25 bits per heavy atom. The first-order valence-electron chi connectivity index (χ1n) is 7.25. The second kappa shape index (κ2) is 6.50. The standard InChI is InChI=1S/C15H25N3O2/c1-12-9-16-13(2)17-14(12)18-7-4-5-15(10-18,11-19)6-8-20-3/h9,19H,4-8,10-11H2,1-3H3/t15-/m1/s1. The molecule has 1 aliphatic rings. The Bertz CT molecular complexity index is 453. The van der Waals surface area contributed by atoms with Crippen LogP contribution in [0.2, 0.25) is 0 Å². The van der Waals surface area contributed by atoms with E-state index in [0.717, 1.165) is 49.6 Å². The van der Waals surface area contributed by atoms with Crippen molar-refractivity contribution in [3.05, 3.63) is 17.6 Å². The van der Waals surface area contributed by atoms with Crippen molar-refractivity contribution in [2.75, 3.05) is 38.3 Å². The van der Waals surface area contributed by atoms with Gasteiger partial charge in [0.1, 0.15) is 11.6 Å². The van der Waals surface area contributed by atoms with Crippen molar-refractivity contribution in [2.24, 2.45) is 5.41 Å². The van der Waals surface area contributed by atoms with Gasteiger partial charge in [0.2, 0.25) is 0 Å². The second-order valence-electron chi connectivity index (χ2n) is 5.85. The SMILES string of the molecule is COCC[C@]1(CO)CCCN(c2nc(C)ncc2C)C1. The number of hydrogen-bond acceptors (Lipinski definition) is 5. The van der Waals surface area contributed by atoms with Crippen LogP contribution in [0.4, 0.5) is 5.82 Å². The van der Waals surface area contributed by atoms with E-state index in [2.05, 4.69) is 14.9 Å². The van der Waals surface area contributed by atoms with Crippen LogP contribution < -0.4 is 4.90 Å². The van der Waals surface area contributed by atoms with Crippen molar-refractivity contribution < 1.29 is 9.84 Å². The number of ether oxygens (including phenoxy) is 1. The molecule has 1 aromatic rings. The van der Waals surface area contributed by atoms with Crippen molar-refractivity contribution in [1.29, 1.82) is 0 Å². The summed E-state index contributed by atoms with van der Waals surface area (Å²) in [5.74, 6) is 1.80. The molecule has 0 amide bonds. The van der Waals surface area contributed by atoms with Crippen LogP contribution in [0.25, 0.3) is 0 Å². The lowest BCUT2D eigenvalue weighted by Gasteiger charge is -2.42. The lowest BCUT2D eigenvalue weighted by Crippen LogP contribution is -2.46. The van der Waals surface area contributed by atoms with Crippen LogP contribution in [-0.2, 0) is 4.74 Å². The largest absolute Gasteiger partial charge is 0.396 e. The quantitative estimate of drug-likeness (QED) is 0.889. The average molecular weight is 279 g/mol. The maximum Gasteiger partial charge on any atom is 0.135 e. The van der Waals surface area contributed by atoms with E-state index >= 15 is 0 Å². The van der Waals surface area contributed by atoms with E-state index < -0.39 is 0 Å². The number of aliphatic hydroxyl groups excluding tert-OH is 1. The molecule has 0 aromatic carbocycles. The molecule has 0 saturated carbocycles. The highest BCUT2D eigenvalue weighted by Crippen LogP contribution is 2.35. The number of rotatable bonds is 5. The van der Waals surface area contributed by atoms with Crippen LogP contribution in [0, 0.1) is 19.3 Å². The molecule has 1 saturated heterocycles. The zero-order chi connectivity index (χ0) is 14.6. The Labute approximate surface area is 121 Å². The Morgan fingerprint density at radius 3 is 2.95 bits per heavy atom. The molecule has 1 atom stereocenters. The van der Waals surface area contributed by atoms with Gasteiger partial charge in [-0.1, -0.05) is 0 Å². The molecule has 5 nitrogen and oxygen atoms in total. The average Bonchev–Trinajstić information content (AvgIpc) is 2.48. The summed E-state index contributed by atoms with van der Waals surface area (Å²) in [6.07, 6.45) is 4.89. The third kappa shape index (κ3) is 3.27. The van der Waals surface area contributed by atoms with E-state index in [9.17, 15) is 5.11 Å². The van der Waals surface area contributed by atoms with Crippen LogP contribution in [0.3, 0.4) is 0 Å². The zero-order valence-corrected chi connectivity index (χ0v) is 12.7. The van der Waals surface area contributed by atoms with Gasteiger partial charge in [-0.05, 0) is 33.1 Å². The Morgan fingerprint density at radius 1 is 1.45 bits per heavy atom. The molecule has 1 aromatic heterocycles. The molecule has 5 heteroatoms. The second-order valence-corrected chi connectivity index (χ2v) is 5.85. The molecule has 0 radical (unpaired) electrons. The highest BCUT2D eigenvalue weighted by atomic mass is 16.5. The van der Waals surface area contributed by atoms with Crippen molar-refractivity contribution in [3.8, 4) is 0 Å². The van der Waals surface area contributed by atoms with E-state index in [1.807, 2.05) is 20.0 Å².